The van der Waals surface area contributed by atoms with E-state index in [-0.39, 0.29) is 11.7 Å². The maximum Gasteiger partial charge on any atom is 0.220 e. The van der Waals surface area contributed by atoms with E-state index in [2.05, 4.69) is 10.3 Å². The van der Waals surface area contributed by atoms with Crippen LogP contribution in [0.1, 0.15) is 35.7 Å². The van der Waals surface area contributed by atoms with Gasteiger partial charge in [0.05, 0.1) is 25.1 Å². The number of para-hydroxylation sites is 1. The third-order valence-corrected chi connectivity index (χ3v) is 5.62. The minimum atomic E-state index is -0.0781. The van der Waals surface area contributed by atoms with Crippen LogP contribution in [0.5, 0.6) is 11.5 Å². The van der Waals surface area contributed by atoms with Gasteiger partial charge in [-0.3, -0.25) is 14.6 Å². The molecule has 0 aliphatic heterocycles. The van der Waals surface area contributed by atoms with E-state index in [1.807, 2.05) is 53.3 Å². The van der Waals surface area contributed by atoms with Gasteiger partial charge in [-0.25, -0.2) is 4.68 Å². The molecule has 0 aliphatic carbocycles. The molecule has 0 unspecified atom stereocenters. The van der Waals surface area contributed by atoms with Gasteiger partial charge in [0.25, 0.3) is 0 Å². The lowest BCUT2D eigenvalue weighted by Crippen LogP contribution is -2.23. The molecule has 0 radical (unpaired) electrons. The Balaban J connectivity index is 1.34. The monoisotopic (exact) mass is 484 g/mol. The van der Waals surface area contributed by atoms with Crippen LogP contribution < -0.4 is 14.8 Å². The Bertz CT molecular complexity index is 1320. The van der Waals surface area contributed by atoms with Crippen molar-refractivity contribution in [3.8, 4) is 28.4 Å². The normalized spacial score (nSPS) is 10.6. The number of hydrogen-bond acceptors (Lipinski definition) is 6. The Morgan fingerprint density at radius 2 is 1.78 bits per heavy atom. The molecule has 2 aromatic carbocycles. The molecule has 1 amide bonds. The largest absolute Gasteiger partial charge is 0.493 e. The van der Waals surface area contributed by atoms with Crippen molar-refractivity contribution in [1.82, 2.24) is 20.1 Å². The number of carbonyl (C=O) groups excluding carboxylic acids is 2. The first kappa shape index (κ1) is 24.7. The van der Waals surface area contributed by atoms with Crippen LogP contribution in [0.25, 0.3) is 16.9 Å². The molecule has 0 fully saturated rings. The molecule has 4 aromatic rings. The number of pyridine rings is 1. The first-order valence-corrected chi connectivity index (χ1v) is 11.7. The lowest BCUT2D eigenvalue weighted by molar-refractivity contribution is -0.121. The number of rotatable bonds is 11. The first-order valence-electron chi connectivity index (χ1n) is 11.7. The van der Waals surface area contributed by atoms with Crippen LogP contribution in [-0.4, -0.2) is 40.2 Å². The van der Waals surface area contributed by atoms with E-state index in [9.17, 15) is 9.59 Å². The average molecular weight is 485 g/mol. The summed E-state index contributed by atoms with van der Waals surface area (Å²) in [4.78, 5) is 28.2. The second-order valence-electron chi connectivity index (χ2n) is 8.17. The number of Topliss-reactive ketones (excluding diaryl/α,β-unsaturated/α-hetero) is 1. The summed E-state index contributed by atoms with van der Waals surface area (Å²) in [6, 6.07) is 18.7. The molecule has 8 nitrogen and oxygen atoms in total. The lowest BCUT2D eigenvalue weighted by Gasteiger charge is -2.11. The predicted molar refractivity (Wildman–Crippen MR) is 136 cm³/mol. The second-order valence-corrected chi connectivity index (χ2v) is 8.17. The minimum absolute atomic E-state index is 0.0436. The van der Waals surface area contributed by atoms with Gasteiger partial charge in [-0.05, 0) is 55.8 Å². The highest BCUT2D eigenvalue weighted by atomic mass is 16.5. The summed E-state index contributed by atoms with van der Waals surface area (Å²) in [5.41, 5.74) is 4.13. The number of benzene rings is 2. The van der Waals surface area contributed by atoms with Crippen LogP contribution in [0.4, 0.5) is 0 Å². The Morgan fingerprint density at radius 3 is 2.50 bits per heavy atom. The molecule has 1 N–H and O–H groups in total. The second kappa shape index (κ2) is 11.8. The molecule has 0 bridgehead atoms. The van der Waals surface area contributed by atoms with Crippen LogP contribution in [0, 0.1) is 0 Å². The van der Waals surface area contributed by atoms with Crippen molar-refractivity contribution < 1.29 is 19.1 Å². The lowest BCUT2D eigenvalue weighted by atomic mass is 10.1. The van der Waals surface area contributed by atoms with E-state index >= 15 is 0 Å². The van der Waals surface area contributed by atoms with Crippen LogP contribution >= 0.6 is 0 Å². The van der Waals surface area contributed by atoms with Crippen molar-refractivity contribution in [2.24, 2.45) is 0 Å². The van der Waals surface area contributed by atoms with E-state index in [0.717, 1.165) is 22.5 Å². The maximum absolute atomic E-state index is 12.5. The van der Waals surface area contributed by atoms with Crippen molar-refractivity contribution in [3.05, 3.63) is 90.4 Å². The van der Waals surface area contributed by atoms with Gasteiger partial charge in [0.15, 0.2) is 17.3 Å². The number of amides is 1. The van der Waals surface area contributed by atoms with Crippen LogP contribution in [0.15, 0.2) is 79.3 Å². The van der Waals surface area contributed by atoms with Gasteiger partial charge in [0.1, 0.15) is 0 Å². The minimum Gasteiger partial charge on any atom is -0.493 e. The summed E-state index contributed by atoms with van der Waals surface area (Å²) in [5, 5.41) is 7.75. The van der Waals surface area contributed by atoms with Crippen molar-refractivity contribution in [3.63, 3.8) is 0 Å². The third-order valence-electron chi connectivity index (χ3n) is 5.62. The van der Waals surface area contributed by atoms with Crippen molar-refractivity contribution in [2.45, 2.75) is 26.3 Å². The molecular formula is C28H28N4O4. The smallest absolute Gasteiger partial charge is 0.220 e. The number of methoxy groups -OCH3 is 1. The SMILES string of the molecule is COc1cc(C(C)=O)ccc1OCCCC(=O)NCc1cn(-c2ccccc2)nc1-c1ccncc1. The summed E-state index contributed by atoms with van der Waals surface area (Å²) in [6.07, 6.45) is 6.23. The third kappa shape index (κ3) is 6.15. The fourth-order valence-electron chi connectivity index (χ4n) is 3.71. The zero-order valence-electron chi connectivity index (χ0n) is 20.3. The first-order chi connectivity index (χ1) is 17.5. The van der Waals surface area contributed by atoms with E-state index in [1.54, 1.807) is 30.6 Å². The summed E-state index contributed by atoms with van der Waals surface area (Å²) in [7, 11) is 1.53. The molecule has 0 atom stereocenters. The molecule has 0 saturated carbocycles. The zero-order valence-corrected chi connectivity index (χ0v) is 20.3. The maximum atomic E-state index is 12.5. The number of ketones is 1. The van der Waals surface area contributed by atoms with Gasteiger partial charge in [0.2, 0.25) is 5.91 Å². The molecule has 2 heterocycles. The van der Waals surface area contributed by atoms with Gasteiger partial charge in [-0.1, -0.05) is 18.2 Å². The summed E-state index contributed by atoms with van der Waals surface area (Å²) < 4.78 is 12.9. The highest BCUT2D eigenvalue weighted by Crippen LogP contribution is 2.28. The van der Waals surface area contributed by atoms with E-state index in [4.69, 9.17) is 14.6 Å². The van der Waals surface area contributed by atoms with Crippen LogP contribution in [0.2, 0.25) is 0 Å². The van der Waals surface area contributed by atoms with Gasteiger partial charge in [0, 0.05) is 48.2 Å². The van der Waals surface area contributed by atoms with Crippen molar-refractivity contribution in [2.75, 3.05) is 13.7 Å². The topological polar surface area (TPSA) is 95.3 Å². The van der Waals surface area contributed by atoms with E-state index < -0.39 is 0 Å². The number of carbonyl (C=O) groups is 2. The number of ether oxygens (including phenoxy) is 2. The summed E-state index contributed by atoms with van der Waals surface area (Å²) >= 11 is 0. The predicted octanol–water partition coefficient (Wildman–Crippen LogP) is 4.62. The molecule has 184 valence electrons. The van der Waals surface area contributed by atoms with E-state index in [1.165, 1.54) is 14.0 Å². The number of hydrogen-bond donors (Lipinski definition) is 1. The fraction of sp³-hybridized carbons (Fsp3) is 0.214. The highest BCUT2D eigenvalue weighted by Gasteiger charge is 2.14. The van der Waals surface area contributed by atoms with Crippen LogP contribution in [0.3, 0.4) is 0 Å². The van der Waals surface area contributed by atoms with Crippen LogP contribution in [-0.2, 0) is 11.3 Å². The van der Waals surface area contributed by atoms with Gasteiger partial charge in [-0.15, -0.1) is 0 Å². The zero-order chi connectivity index (χ0) is 25.3. The summed E-state index contributed by atoms with van der Waals surface area (Å²) in [5.74, 6) is 0.910. The molecular weight excluding hydrogens is 456 g/mol. The molecule has 2 aromatic heterocycles. The van der Waals surface area contributed by atoms with Gasteiger partial charge in [-0.2, -0.15) is 5.10 Å². The quantitative estimate of drug-likeness (QED) is 0.247. The Kier molecular flexibility index (Phi) is 8.08. The van der Waals surface area contributed by atoms with Gasteiger partial charge < -0.3 is 14.8 Å². The Hall–Kier alpha value is -4.46. The molecule has 8 heteroatoms. The standard InChI is InChI=1S/C28H28N4O4/c1-20(33)22-10-11-25(26(17-22)35-2)36-16-6-9-27(34)30-18-23-19-32(24-7-4-3-5-8-24)31-28(23)21-12-14-29-15-13-21/h3-5,7-8,10-15,17,19H,6,9,16,18H2,1-2H3,(H,30,34). The molecule has 0 saturated heterocycles. The Morgan fingerprint density at radius 1 is 1.00 bits per heavy atom. The molecule has 0 aliphatic rings. The van der Waals surface area contributed by atoms with Gasteiger partial charge >= 0.3 is 0 Å². The average Bonchev–Trinajstić information content (AvgIpc) is 3.35. The van der Waals surface area contributed by atoms with Crippen molar-refractivity contribution in [1.29, 1.82) is 0 Å². The highest BCUT2D eigenvalue weighted by molar-refractivity contribution is 5.94. The number of nitrogens with one attached hydrogen (secondary N) is 1. The number of nitrogens with zero attached hydrogens (tertiary/aromatic N) is 3. The molecule has 36 heavy (non-hydrogen) atoms. The molecule has 4 rings (SSSR count). The fourth-order valence-corrected chi connectivity index (χ4v) is 3.71. The number of aromatic nitrogens is 3. The summed E-state index contributed by atoms with van der Waals surface area (Å²) in [6.45, 7) is 2.20. The Labute approximate surface area is 209 Å². The molecule has 0 spiro atoms. The van der Waals surface area contributed by atoms with Crippen molar-refractivity contribution >= 4 is 11.7 Å². The van der Waals surface area contributed by atoms with E-state index in [0.29, 0.717) is 43.1 Å².